The Balaban J connectivity index is 0.00000180. The minimum absolute atomic E-state index is 0. The Morgan fingerprint density at radius 1 is 1.63 bits per heavy atom. The first-order valence-corrected chi connectivity index (χ1v) is 6.31. The number of aliphatic imine (C=N–C) groups is 1. The van der Waals surface area contributed by atoms with Crippen molar-refractivity contribution in [3.8, 4) is 0 Å². The molecule has 6 nitrogen and oxygen atoms in total. The number of rotatable bonds is 5. The van der Waals surface area contributed by atoms with E-state index in [0.717, 1.165) is 37.3 Å². The van der Waals surface area contributed by atoms with Gasteiger partial charge in [-0.05, 0) is 19.8 Å². The van der Waals surface area contributed by atoms with Gasteiger partial charge in [0.1, 0.15) is 5.76 Å². The first-order chi connectivity index (χ1) is 8.74. The number of hydrogen-bond acceptors (Lipinski definition) is 4. The molecule has 1 aromatic heterocycles. The normalized spacial score (nSPS) is 19.2. The molecule has 2 rings (SSSR count). The van der Waals surface area contributed by atoms with Gasteiger partial charge in [-0.2, -0.15) is 0 Å². The molecule has 0 bridgehead atoms. The third-order valence-electron chi connectivity index (χ3n) is 2.84. The van der Waals surface area contributed by atoms with Crippen LogP contribution in [0.4, 0.5) is 0 Å². The first-order valence-electron chi connectivity index (χ1n) is 6.31. The molecule has 1 aliphatic rings. The van der Waals surface area contributed by atoms with Gasteiger partial charge in [0.05, 0.1) is 18.3 Å². The Morgan fingerprint density at radius 3 is 3.11 bits per heavy atom. The van der Waals surface area contributed by atoms with Crippen molar-refractivity contribution in [2.24, 2.45) is 10.7 Å². The lowest BCUT2D eigenvalue weighted by Gasteiger charge is -2.07. The van der Waals surface area contributed by atoms with Crippen molar-refractivity contribution in [2.75, 3.05) is 19.7 Å². The second kappa shape index (κ2) is 8.36. The molecule has 0 aliphatic carbocycles. The van der Waals surface area contributed by atoms with Gasteiger partial charge < -0.3 is 20.3 Å². The van der Waals surface area contributed by atoms with E-state index in [1.165, 1.54) is 0 Å². The van der Waals surface area contributed by atoms with E-state index in [0.29, 0.717) is 19.0 Å². The second-order valence-corrected chi connectivity index (χ2v) is 4.47. The van der Waals surface area contributed by atoms with Crippen LogP contribution < -0.4 is 11.1 Å². The van der Waals surface area contributed by atoms with E-state index in [9.17, 15) is 0 Å². The van der Waals surface area contributed by atoms with Crippen LogP contribution in [0.3, 0.4) is 0 Å². The van der Waals surface area contributed by atoms with Crippen molar-refractivity contribution in [3.05, 3.63) is 17.5 Å². The lowest BCUT2D eigenvalue weighted by molar-refractivity contribution is 0.118. The summed E-state index contributed by atoms with van der Waals surface area (Å²) in [6.07, 6.45) is 3.19. The molecule has 108 valence electrons. The zero-order chi connectivity index (χ0) is 12.8. The van der Waals surface area contributed by atoms with Crippen molar-refractivity contribution < 1.29 is 9.26 Å². The van der Waals surface area contributed by atoms with Crippen LogP contribution in [-0.2, 0) is 11.2 Å². The van der Waals surface area contributed by atoms with Crippen LogP contribution in [0, 0.1) is 6.92 Å². The Kier molecular flexibility index (Phi) is 7.14. The summed E-state index contributed by atoms with van der Waals surface area (Å²) in [6.45, 7) is 4.08. The van der Waals surface area contributed by atoms with Crippen molar-refractivity contribution in [3.63, 3.8) is 0 Å². The van der Waals surface area contributed by atoms with Gasteiger partial charge in [0.15, 0.2) is 5.96 Å². The molecule has 0 radical (unpaired) electrons. The predicted octanol–water partition coefficient (Wildman–Crippen LogP) is 1.23. The monoisotopic (exact) mass is 380 g/mol. The van der Waals surface area contributed by atoms with Gasteiger partial charge in [0.25, 0.3) is 0 Å². The number of ether oxygens (including phenoxy) is 1. The Hall–Kier alpha value is -0.830. The van der Waals surface area contributed by atoms with E-state index in [-0.39, 0.29) is 30.1 Å². The number of nitrogens with two attached hydrogens (primary N) is 1. The highest BCUT2D eigenvalue weighted by atomic mass is 127. The van der Waals surface area contributed by atoms with Crippen molar-refractivity contribution in [1.82, 2.24) is 10.5 Å². The fourth-order valence-corrected chi connectivity index (χ4v) is 1.89. The lowest BCUT2D eigenvalue weighted by atomic mass is 10.2. The molecule has 0 saturated carbocycles. The maximum atomic E-state index is 5.76. The van der Waals surface area contributed by atoms with Gasteiger partial charge in [-0.1, -0.05) is 5.16 Å². The molecule has 1 unspecified atom stereocenters. The van der Waals surface area contributed by atoms with Gasteiger partial charge in [-0.3, -0.25) is 4.99 Å². The van der Waals surface area contributed by atoms with Crippen LogP contribution >= 0.6 is 24.0 Å². The Labute approximate surface area is 130 Å². The topological polar surface area (TPSA) is 85.7 Å². The summed E-state index contributed by atoms with van der Waals surface area (Å²) in [6, 6.07) is 1.92. The summed E-state index contributed by atoms with van der Waals surface area (Å²) in [4.78, 5) is 4.25. The van der Waals surface area contributed by atoms with E-state index in [1.807, 2.05) is 13.0 Å². The summed E-state index contributed by atoms with van der Waals surface area (Å²) >= 11 is 0. The standard InChI is InChI=1S/C12H20N4O2.HI/c1-9-7-10(18-16-9)4-5-14-12(13)15-8-11-3-2-6-17-11;/h7,11H,2-6,8H2,1H3,(H3,13,14,15);1H. The molecule has 7 heteroatoms. The van der Waals surface area contributed by atoms with Crippen LogP contribution in [-0.4, -0.2) is 36.9 Å². The molecule has 19 heavy (non-hydrogen) atoms. The average Bonchev–Trinajstić information content (AvgIpc) is 2.98. The predicted molar refractivity (Wildman–Crippen MR) is 83.8 cm³/mol. The molecule has 1 aromatic rings. The van der Waals surface area contributed by atoms with Gasteiger partial charge in [-0.25, -0.2) is 0 Å². The molecule has 0 spiro atoms. The lowest BCUT2D eigenvalue weighted by Crippen LogP contribution is -2.34. The Bertz CT molecular complexity index is 402. The van der Waals surface area contributed by atoms with Crippen molar-refractivity contribution in [1.29, 1.82) is 0 Å². The molecule has 2 heterocycles. The molecule has 1 aliphatic heterocycles. The third-order valence-corrected chi connectivity index (χ3v) is 2.84. The van der Waals surface area contributed by atoms with Crippen LogP contribution in [0.5, 0.6) is 0 Å². The zero-order valence-electron chi connectivity index (χ0n) is 11.1. The minimum atomic E-state index is 0. The summed E-state index contributed by atoms with van der Waals surface area (Å²) in [5, 5.41) is 6.87. The number of aromatic nitrogens is 1. The fraction of sp³-hybridized carbons (Fsp3) is 0.667. The molecule has 1 saturated heterocycles. The van der Waals surface area contributed by atoms with E-state index in [1.54, 1.807) is 0 Å². The summed E-state index contributed by atoms with van der Waals surface area (Å²) in [5.74, 6) is 1.31. The zero-order valence-corrected chi connectivity index (χ0v) is 13.4. The van der Waals surface area contributed by atoms with Gasteiger partial charge in [0.2, 0.25) is 0 Å². The summed E-state index contributed by atoms with van der Waals surface area (Å²) in [7, 11) is 0. The molecule has 1 atom stereocenters. The Morgan fingerprint density at radius 2 is 2.47 bits per heavy atom. The van der Waals surface area contributed by atoms with Crippen LogP contribution in [0.25, 0.3) is 0 Å². The van der Waals surface area contributed by atoms with Crippen molar-refractivity contribution in [2.45, 2.75) is 32.3 Å². The highest BCUT2D eigenvalue weighted by molar-refractivity contribution is 14.0. The molecule has 0 amide bonds. The van der Waals surface area contributed by atoms with E-state index < -0.39 is 0 Å². The van der Waals surface area contributed by atoms with Crippen LogP contribution in [0.2, 0.25) is 0 Å². The highest BCUT2D eigenvalue weighted by Gasteiger charge is 2.14. The van der Waals surface area contributed by atoms with E-state index in [4.69, 9.17) is 15.0 Å². The molecule has 0 aromatic carbocycles. The third kappa shape index (κ3) is 5.77. The number of hydrogen-bond donors (Lipinski definition) is 2. The van der Waals surface area contributed by atoms with Gasteiger partial charge >= 0.3 is 0 Å². The molecule has 1 fully saturated rings. The number of halogens is 1. The molecular formula is C12H21IN4O2. The average molecular weight is 380 g/mol. The number of nitrogens with zero attached hydrogens (tertiary/aromatic N) is 2. The van der Waals surface area contributed by atoms with Crippen molar-refractivity contribution >= 4 is 29.9 Å². The smallest absolute Gasteiger partial charge is 0.188 e. The molecular weight excluding hydrogens is 359 g/mol. The van der Waals surface area contributed by atoms with E-state index in [2.05, 4.69) is 15.5 Å². The van der Waals surface area contributed by atoms with Gasteiger partial charge in [-0.15, -0.1) is 24.0 Å². The molecule has 3 N–H and O–H groups in total. The van der Waals surface area contributed by atoms with Crippen LogP contribution in [0.15, 0.2) is 15.6 Å². The van der Waals surface area contributed by atoms with Crippen LogP contribution in [0.1, 0.15) is 24.3 Å². The SMILES string of the molecule is Cc1cc(CCNC(N)=NCC2CCCO2)on1.I. The highest BCUT2D eigenvalue weighted by Crippen LogP contribution is 2.11. The fourth-order valence-electron chi connectivity index (χ4n) is 1.89. The maximum Gasteiger partial charge on any atom is 0.188 e. The number of nitrogens with one attached hydrogen (secondary N) is 1. The minimum Gasteiger partial charge on any atom is -0.376 e. The van der Waals surface area contributed by atoms with Gasteiger partial charge in [0, 0.05) is 25.6 Å². The van der Waals surface area contributed by atoms with E-state index >= 15 is 0 Å². The summed E-state index contributed by atoms with van der Waals surface area (Å²) < 4.78 is 10.6. The quantitative estimate of drug-likeness (QED) is 0.456. The maximum absolute atomic E-state index is 5.76. The number of guanidine groups is 1. The largest absolute Gasteiger partial charge is 0.376 e. The first kappa shape index (κ1) is 16.2. The summed E-state index contributed by atoms with van der Waals surface area (Å²) in [5.41, 5.74) is 6.65. The second-order valence-electron chi connectivity index (χ2n) is 4.47. The number of aryl methyl sites for hydroxylation is 1.